The molecule has 24 nitrogen and oxygen atoms in total. The molecule has 16 bridgehead atoms. The summed E-state index contributed by atoms with van der Waals surface area (Å²) in [6.45, 7) is 15.3. The smallest absolute Gasteiger partial charge is 0.254 e. The van der Waals surface area contributed by atoms with Gasteiger partial charge in [-0.25, -0.2) is 71.9 Å². The van der Waals surface area contributed by atoms with Gasteiger partial charge in [-0.1, -0.05) is 209 Å². The van der Waals surface area contributed by atoms with E-state index in [1.807, 2.05) is 55.4 Å². The van der Waals surface area contributed by atoms with Crippen LogP contribution in [-0.2, 0) is 139 Å². The van der Waals surface area contributed by atoms with Gasteiger partial charge in [0.25, 0.3) is 23.3 Å². The van der Waals surface area contributed by atoms with Crippen molar-refractivity contribution in [2.75, 3.05) is 23.0 Å². The number of Topliss-reactive ketones (excluding diaryl/α,β-unsaturated/α-hetero) is 4. The lowest BCUT2D eigenvalue weighted by Crippen LogP contribution is -2.42. The molecule has 0 saturated heterocycles. The largest absolute Gasteiger partial charge is 0.748 e. The molecular formula is C96H160N8O16S4. The fourth-order valence-electron chi connectivity index (χ4n) is 24.3. The molecule has 8 saturated carbocycles. The van der Waals surface area contributed by atoms with Crippen molar-refractivity contribution in [1.29, 1.82) is 0 Å². The molecule has 0 radical (unpaired) electrons. The number of H-pyrrole nitrogens is 4. The number of nitrogens with one attached hydrogen (secondary N) is 4. The minimum atomic E-state index is -4.33. The number of hydrogen-bond donors (Lipinski definition) is 4. The van der Waals surface area contributed by atoms with Crippen LogP contribution >= 0.6 is 0 Å². The summed E-state index contributed by atoms with van der Waals surface area (Å²) in [6, 6.07) is 0. The van der Waals surface area contributed by atoms with Gasteiger partial charge >= 0.3 is 0 Å². The molecule has 124 heavy (non-hydrogen) atoms. The summed E-state index contributed by atoms with van der Waals surface area (Å²) in [4.78, 5) is 61.2. The summed E-state index contributed by atoms with van der Waals surface area (Å²) in [5, 5.41) is 0. The molecule has 4 aliphatic heterocycles. The minimum absolute atomic E-state index is 0.0248. The average molecular weight is 1810 g/mol. The van der Waals surface area contributed by atoms with E-state index >= 15 is 0 Å². The molecule has 8 heterocycles. The highest BCUT2D eigenvalue weighted by molar-refractivity contribution is 7.86. The van der Waals surface area contributed by atoms with Crippen LogP contribution in [0, 0.1) is 67.0 Å². The van der Waals surface area contributed by atoms with E-state index in [1.165, 1.54) is 303 Å². The van der Waals surface area contributed by atoms with Gasteiger partial charge in [0.2, 0.25) is 0 Å². The van der Waals surface area contributed by atoms with Crippen LogP contribution in [0.2, 0.25) is 0 Å². The molecule has 0 unspecified atom stereocenters. The standard InChI is InChI=1S/4C14H24N2.4C10H16O4S/c4*1-16-13-10-8-6-4-2-3-5-7-9-11-14(16)15-12-13;4*1-9(2)7-3-4-10(9,8(11)5-7)6-15(12,13)14/h4*12H,2-11H2,1H3;4*7H,3-6H2,1-2H3,(H,12,13,14)/t;;;;4*7-,10-/m....1111/s1. The summed E-state index contributed by atoms with van der Waals surface area (Å²) >= 11 is 0. The second-order valence-electron chi connectivity index (χ2n) is 41.9. The van der Waals surface area contributed by atoms with Crippen LogP contribution in [-0.4, -0.2) is 118 Å². The Kier molecular flexibility index (Phi) is 36.8. The summed E-state index contributed by atoms with van der Waals surface area (Å²) in [6.07, 6.45) is 71.2. The second kappa shape index (κ2) is 44.4. The van der Waals surface area contributed by atoms with Crippen molar-refractivity contribution in [3.05, 3.63) is 70.9 Å². The maximum atomic E-state index is 11.8. The van der Waals surface area contributed by atoms with Crippen molar-refractivity contribution in [2.45, 2.75) is 389 Å². The van der Waals surface area contributed by atoms with Crippen molar-refractivity contribution in [3.63, 3.8) is 0 Å². The zero-order chi connectivity index (χ0) is 90.8. The van der Waals surface area contributed by atoms with Crippen molar-refractivity contribution in [3.8, 4) is 0 Å². The van der Waals surface area contributed by atoms with Gasteiger partial charge in [-0.05, 0) is 148 Å². The molecule has 12 aliphatic rings. The second-order valence-corrected chi connectivity index (χ2v) is 47.5. The van der Waals surface area contributed by atoms with Gasteiger partial charge in [-0.2, -0.15) is 0 Å². The number of ketones is 4. The first-order valence-electron chi connectivity index (χ1n) is 48.4. The molecule has 28 heteroatoms. The number of fused-ring (bicyclic) bond motifs is 16. The van der Waals surface area contributed by atoms with E-state index < -0.39 is 85.1 Å². The van der Waals surface area contributed by atoms with Crippen molar-refractivity contribution in [1.82, 2.24) is 19.9 Å². The van der Waals surface area contributed by atoms with Crippen LogP contribution in [0.15, 0.2) is 24.8 Å². The lowest BCUT2D eigenvalue weighted by atomic mass is 9.70. The lowest BCUT2D eigenvalue weighted by Gasteiger charge is -2.37. The van der Waals surface area contributed by atoms with E-state index in [-0.39, 0.29) is 68.5 Å². The number of imidazole rings is 4. The first kappa shape index (κ1) is 103. The molecule has 16 rings (SSSR count). The number of carbonyl (C=O) groups excluding carboxylic acids is 4. The van der Waals surface area contributed by atoms with Crippen LogP contribution < -0.4 is 18.3 Å². The summed E-state index contributed by atoms with van der Waals surface area (Å²) in [7, 11) is -8.47. The van der Waals surface area contributed by atoms with Crippen LogP contribution in [0.1, 0.15) is 384 Å². The molecule has 4 aromatic heterocycles. The van der Waals surface area contributed by atoms with Gasteiger partial charge in [0.05, 0.1) is 91.7 Å². The summed E-state index contributed by atoms with van der Waals surface area (Å²) < 4.78 is 140. The first-order chi connectivity index (χ1) is 58.3. The highest BCUT2D eigenvalue weighted by Gasteiger charge is 2.68. The Bertz CT molecular complexity index is 3960. The minimum Gasteiger partial charge on any atom is -0.748 e. The Hall–Kier alpha value is -4.84. The Morgan fingerprint density at radius 1 is 0.266 bits per heavy atom. The van der Waals surface area contributed by atoms with Gasteiger partial charge in [-0.15, -0.1) is 0 Å². The third-order valence-corrected chi connectivity index (χ3v) is 37.0. The summed E-state index contributed by atoms with van der Waals surface area (Å²) in [5.41, 5.74) is 1.03. The van der Waals surface area contributed by atoms with E-state index in [9.17, 15) is 71.1 Å². The van der Waals surface area contributed by atoms with Gasteiger partial charge in [-0.3, -0.25) is 19.2 Å². The predicted octanol–water partition coefficient (Wildman–Crippen LogP) is 15.9. The summed E-state index contributed by atoms with van der Waals surface area (Å²) in [5.74, 6) is 4.52. The van der Waals surface area contributed by atoms with Gasteiger partial charge in [0, 0.05) is 98.7 Å². The fourth-order valence-corrected chi connectivity index (χ4v) is 29.5. The predicted molar refractivity (Wildman–Crippen MR) is 478 cm³/mol. The number of nitrogens with zero attached hydrogens (tertiary/aromatic N) is 4. The zero-order valence-electron chi connectivity index (χ0n) is 78.2. The van der Waals surface area contributed by atoms with E-state index in [1.54, 1.807) is 0 Å². The average Bonchev–Trinajstić information content (AvgIpc) is 1.57. The van der Waals surface area contributed by atoms with Crippen molar-refractivity contribution >= 4 is 63.6 Å². The zero-order valence-corrected chi connectivity index (χ0v) is 81.4. The Balaban J connectivity index is 0.000000161. The number of carbonyl (C=O) groups is 4. The highest BCUT2D eigenvalue weighted by Crippen LogP contribution is 2.67. The van der Waals surface area contributed by atoms with Gasteiger partial charge in [0.15, 0.2) is 0 Å². The quantitative estimate of drug-likeness (QED) is 0.0940. The third-order valence-electron chi connectivity index (χ3n) is 33.6. The Morgan fingerprint density at radius 3 is 0.540 bits per heavy atom. The Labute approximate surface area is 746 Å². The first-order valence-corrected chi connectivity index (χ1v) is 54.7. The maximum absolute atomic E-state index is 11.8. The molecule has 4 aromatic rings. The van der Waals surface area contributed by atoms with Crippen LogP contribution in [0.5, 0.6) is 0 Å². The van der Waals surface area contributed by atoms with Crippen LogP contribution in [0.4, 0.5) is 0 Å². The van der Waals surface area contributed by atoms with Crippen molar-refractivity contribution < 1.29 is 89.3 Å². The SMILES string of the molecule is CC1(C)[C@@H]2CC[C@@]1(CS(=O)(=O)[O-])C(=O)C2.CC1(C)[C@@H]2CC[C@@]1(CS(=O)(=O)[O-])C(=O)C2.CC1(C)[C@@H]2CC[C@@]1(CS(=O)(=O)[O-])C(=O)C2.CC1(C)[C@@H]2CC[C@@]1(CS(=O)(=O)[O-])C(=O)C2.C[n+]1c2c[nH]c1CCCCCCCCCC2.C[n+]1c2c[nH]c1CCCCCCCCCC2.C[n+]1c2c[nH]c1CCCCCCCCCC2.C[n+]1c2c[nH]c1CCCCCCCCCC2. The van der Waals surface area contributed by atoms with E-state index in [0.717, 1.165) is 25.7 Å². The molecule has 704 valence electrons. The number of aromatic nitrogens is 8. The molecular weight excluding hydrogens is 1650 g/mol. The molecule has 8 atom stereocenters. The van der Waals surface area contributed by atoms with E-state index in [0.29, 0.717) is 51.4 Å². The molecule has 8 fully saturated rings. The molecule has 0 aromatic carbocycles. The number of hydrogen-bond acceptors (Lipinski definition) is 16. The van der Waals surface area contributed by atoms with E-state index in [2.05, 4.69) is 91.2 Å². The topological polar surface area (TPSA) is 376 Å². The Morgan fingerprint density at radius 2 is 0.411 bits per heavy atom. The molecule has 0 amide bonds. The molecule has 4 N–H and O–H groups in total. The van der Waals surface area contributed by atoms with Crippen LogP contribution in [0.3, 0.4) is 0 Å². The lowest BCUT2D eigenvalue weighted by molar-refractivity contribution is -0.685. The maximum Gasteiger partial charge on any atom is 0.254 e. The molecule has 0 spiro atoms. The molecule has 8 aliphatic carbocycles. The van der Waals surface area contributed by atoms with Crippen LogP contribution in [0.25, 0.3) is 0 Å². The van der Waals surface area contributed by atoms with E-state index in [4.69, 9.17) is 0 Å². The normalized spacial score (nSPS) is 28.8. The highest BCUT2D eigenvalue weighted by atomic mass is 32.2. The van der Waals surface area contributed by atoms with Gasteiger partial charge < -0.3 is 18.2 Å². The fraction of sp³-hybridized carbons (Fsp3) is 0.833. The van der Waals surface area contributed by atoms with Crippen molar-refractivity contribution in [2.24, 2.45) is 95.2 Å². The number of rotatable bonds is 8. The number of aryl methyl sites for hydroxylation is 8. The van der Waals surface area contributed by atoms with Gasteiger partial charge in [0.1, 0.15) is 70.7 Å². The third kappa shape index (κ3) is 25.9. The monoisotopic (exact) mass is 1810 g/mol. The number of aromatic amines is 4.